The molecule has 2 aliphatic rings. The lowest BCUT2D eigenvalue weighted by Gasteiger charge is -2.34. The van der Waals surface area contributed by atoms with E-state index < -0.39 is 5.41 Å². The number of hydrogen-bond donors (Lipinski definition) is 1. The maximum atomic E-state index is 13.8. The van der Waals surface area contributed by atoms with Crippen LogP contribution < -0.4 is 15.5 Å². The normalized spacial score (nSPS) is 18.6. The summed E-state index contributed by atoms with van der Waals surface area (Å²) in [6.07, 6.45) is 4.16. The van der Waals surface area contributed by atoms with Crippen molar-refractivity contribution in [3.05, 3.63) is 68.6 Å². The summed E-state index contributed by atoms with van der Waals surface area (Å²) in [4.78, 5) is 29.3. The molecule has 40 heavy (non-hydrogen) atoms. The van der Waals surface area contributed by atoms with E-state index in [1.165, 1.54) is 11.3 Å². The predicted molar refractivity (Wildman–Crippen MR) is 156 cm³/mol. The highest BCUT2D eigenvalue weighted by molar-refractivity contribution is 7.19. The first-order valence-electron chi connectivity index (χ1n) is 13.7. The Kier molecular flexibility index (Phi) is 7.92. The first-order valence-corrected chi connectivity index (χ1v) is 14.5. The summed E-state index contributed by atoms with van der Waals surface area (Å²) in [5.41, 5.74) is 1.84. The van der Waals surface area contributed by atoms with Crippen molar-refractivity contribution in [2.75, 3.05) is 20.2 Å². The number of methoxy groups -OCH3 is 1. The maximum absolute atomic E-state index is 13.8. The number of thiophene rings is 1. The van der Waals surface area contributed by atoms with E-state index in [-0.39, 0.29) is 29.8 Å². The third-order valence-corrected chi connectivity index (χ3v) is 8.96. The van der Waals surface area contributed by atoms with Gasteiger partial charge in [-0.15, -0.1) is 11.3 Å². The molecular weight excluding hydrogens is 528 g/mol. The highest BCUT2D eigenvalue weighted by Gasteiger charge is 2.31. The van der Waals surface area contributed by atoms with E-state index in [1.807, 2.05) is 61.5 Å². The van der Waals surface area contributed by atoms with Crippen molar-refractivity contribution in [2.45, 2.75) is 77.9 Å². The number of likely N-dealkylation sites (tertiary alicyclic amines) is 1. The van der Waals surface area contributed by atoms with Crippen LogP contribution in [0.1, 0.15) is 74.6 Å². The van der Waals surface area contributed by atoms with Gasteiger partial charge in [0, 0.05) is 37.2 Å². The number of hydrogen-bond acceptors (Lipinski definition) is 8. The summed E-state index contributed by atoms with van der Waals surface area (Å²) >= 11 is 1.52. The van der Waals surface area contributed by atoms with Gasteiger partial charge in [-0.1, -0.05) is 39.0 Å². The van der Waals surface area contributed by atoms with Crippen LogP contribution in [0.4, 0.5) is 0 Å². The fourth-order valence-corrected chi connectivity index (χ4v) is 6.69. The molecule has 2 atom stereocenters. The number of piperidine rings is 1. The molecule has 2 unspecified atom stereocenters. The van der Waals surface area contributed by atoms with Crippen molar-refractivity contribution in [3.63, 3.8) is 0 Å². The van der Waals surface area contributed by atoms with Gasteiger partial charge in [0.15, 0.2) is 0 Å². The van der Waals surface area contributed by atoms with Crippen LogP contribution in [-0.2, 0) is 26.2 Å². The Balaban J connectivity index is 1.59. The lowest BCUT2D eigenvalue weighted by Crippen LogP contribution is -2.40. The molecule has 214 valence electrons. The van der Waals surface area contributed by atoms with Crippen LogP contribution in [0.15, 0.2) is 41.5 Å². The SMILES string of the molecule is COc1ccccc1C(Cn1nc(C(C)(C)C)c(=O)c2c(C)c(C3NC=CO3)sc21)OC1CCN(C(C)=O)CC1. The molecule has 10 heteroatoms. The highest BCUT2D eigenvalue weighted by Crippen LogP contribution is 2.38. The van der Waals surface area contributed by atoms with Crippen LogP contribution in [0.25, 0.3) is 10.2 Å². The smallest absolute Gasteiger partial charge is 0.219 e. The Bertz CT molecular complexity index is 1470. The van der Waals surface area contributed by atoms with Gasteiger partial charge < -0.3 is 24.4 Å². The van der Waals surface area contributed by atoms with Crippen LogP contribution in [0.5, 0.6) is 5.75 Å². The quantitative estimate of drug-likeness (QED) is 0.433. The molecule has 1 saturated heterocycles. The Morgan fingerprint density at radius 2 is 1.98 bits per heavy atom. The van der Waals surface area contributed by atoms with Gasteiger partial charge in [0.1, 0.15) is 28.6 Å². The zero-order valence-electron chi connectivity index (χ0n) is 24.0. The average Bonchev–Trinajstić information content (AvgIpc) is 3.57. The number of aryl methyl sites for hydroxylation is 1. The largest absolute Gasteiger partial charge is 0.496 e. The van der Waals surface area contributed by atoms with Gasteiger partial charge in [0.25, 0.3) is 0 Å². The Hall–Kier alpha value is -3.37. The number of ether oxygens (including phenoxy) is 3. The first-order chi connectivity index (χ1) is 19.1. The zero-order valence-corrected chi connectivity index (χ0v) is 24.8. The van der Waals surface area contributed by atoms with Crippen molar-refractivity contribution in [1.82, 2.24) is 20.0 Å². The second kappa shape index (κ2) is 11.2. The van der Waals surface area contributed by atoms with Gasteiger partial charge in [-0.05, 0) is 31.4 Å². The standard InChI is InChI=1S/C30H38N4O5S/c1-18-24-25(36)27(30(3,4)5)32-34(29(24)40-26(18)28-31-13-16-38-28)17-23(21-9-7-8-10-22(21)37-6)39-20-11-14-33(15-12-20)19(2)35/h7-10,13,16,20,23,28,31H,11-12,14-15,17H2,1-6H3. The zero-order chi connectivity index (χ0) is 28.6. The summed E-state index contributed by atoms with van der Waals surface area (Å²) in [6.45, 7) is 11.4. The van der Waals surface area contributed by atoms with E-state index in [1.54, 1.807) is 26.5 Å². The molecule has 0 spiro atoms. The number of nitrogens with one attached hydrogen (secondary N) is 1. The summed E-state index contributed by atoms with van der Waals surface area (Å²) in [5, 5.41) is 8.85. The van der Waals surface area contributed by atoms with E-state index in [4.69, 9.17) is 19.3 Å². The van der Waals surface area contributed by atoms with E-state index in [0.717, 1.165) is 39.4 Å². The fraction of sp³-hybridized carbons (Fsp3) is 0.500. The molecule has 0 radical (unpaired) electrons. The molecule has 0 bridgehead atoms. The van der Waals surface area contributed by atoms with Gasteiger partial charge in [0.05, 0.1) is 30.0 Å². The van der Waals surface area contributed by atoms with Gasteiger partial charge in [-0.25, -0.2) is 0 Å². The van der Waals surface area contributed by atoms with Crippen LogP contribution in [0.3, 0.4) is 0 Å². The molecule has 4 heterocycles. The molecule has 0 saturated carbocycles. The van der Waals surface area contributed by atoms with E-state index in [2.05, 4.69) is 5.32 Å². The number of fused-ring (bicyclic) bond motifs is 1. The fourth-order valence-electron chi connectivity index (χ4n) is 5.42. The maximum Gasteiger partial charge on any atom is 0.219 e. The summed E-state index contributed by atoms with van der Waals surface area (Å²) < 4.78 is 20.2. The van der Waals surface area contributed by atoms with Crippen molar-refractivity contribution < 1.29 is 19.0 Å². The van der Waals surface area contributed by atoms with E-state index >= 15 is 0 Å². The number of nitrogens with zero attached hydrogens (tertiary/aromatic N) is 3. The van der Waals surface area contributed by atoms with Crippen LogP contribution in [0, 0.1) is 6.92 Å². The van der Waals surface area contributed by atoms with E-state index in [0.29, 0.717) is 30.7 Å². The van der Waals surface area contributed by atoms with Crippen molar-refractivity contribution in [3.8, 4) is 5.75 Å². The molecule has 5 rings (SSSR count). The number of amides is 1. The van der Waals surface area contributed by atoms with Gasteiger partial charge >= 0.3 is 0 Å². The van der Waals surface area contributed by atoms with Gasteiger partial charge in [0.2, 0.25) is 17.6 Å². The minimum atomic E-state index is -0.453. The molecular formula is C30H38N4O5S. The highest BCUT2D eigenvalue weighted by atomic mass is 32.1. The second-order valence-electron chi connectivity index (χ2n) is 11.4. The third-order valence-electron chi connectivity index (χ3n) is 7.61. The summed E-state index contributed by atoms with van der Waals surface area (Å²) in [6, 6.07) is 7.87. The van der Waals surface area contributed by atoms with Crippen LogP contribution >= 0.6 is 11.3 Å². The van der Waals surface area contributed by atoms with Crippen molar-refractivity contribution in [2.24, 2.45) is 0 Å². The molecule has 1 aromatic carbocycles. The molecule has 3 aromatic rings. The minimum absolute atomic E-state index is 0.0229. The molecule has 2 aromatic heterocycles. The molecule has 1 N–H and O–H groups in total. The second-order valence-corrected chi connectivity index (χ2v) is 12.5. The number of aromatic nitrogens is 2. The number of carbonyl (C=O) groups is 1. The average molecular weight is 567 g/mol. The van der Waals surface area contributed by atoms with Gasteiger partial charge in [-0.2, -0.15) is 5.10 Å². The van der Waals surface area contributed by atoms with Crippen LogP contribution in [-0.4, -0.2) is 46.9 Å². The Labute approximate surface area is 238 Å². The van der Waals surface area contributed by atoms with Crippen molar-refractivity contribution in [1.29, 1.82) is 0 Å². The lowest BCUT2D eigenvalue weighted by molar-refractivity contribution is -0.132. The number of benzene rings is 1. The Morgan fingerprint density at radius 1 is 1.25 bits per heavy atom. The monoisotopic (exact) mass is 566 g/mol. The topological polar surface area (TPSA) is 94.9 Å². The third kappa shape index (κ3) is 5.47. The number of carbonyl (C=O) groups excluding carboxylic acids is 1. The molecule has 2 aliphatic heterocycles. The number of rotatable bonds is 7. The van der Waals surface area contributed by atoms with E-state index in [9.17, 15) is 9.59 Å². The van der Waals surface area contributed by atoms with Crippen LogP contribution in [0.2, 0.25) is 0 Å². The molecule has 9 nitrogen and oxygen atoms in total. The number of para-hydroxylation sites is 1. The van der Waals surface area contributed by atoms with Gasteiger partial charge in [-0.3, -0.25) is 14.3 Å². The molecule has 0 aliphatic carbocycles. The summed E-state index contributed by atoms with van der Waals surface area (Å²) in [7, 11) is 1.66. The molecule has 1 amide bonds. The first kappa shape index (κ1) is 28.2. The van der Waals surface area contributed by atoms with Crippen molar-refractivity contribution >= 4 is 27.5 Å². The summed E-state index contributed by atoms with van der Waals surface area (Å²) in [5.74, 6) is 0.828. The lowest BCUT2D eigenvalue weighted by atomic mass is 9.91. The predicted octanol–water partition coefficient (Wildman–Crippen LogP) is 4.93. The Morgan fingerprint density at radius 3 is 2.60 bits per heavy atom. The minimum Gasteiger partial charge on any atom is -0.496 e. The molecule has 1 fully saturated rings.